The van der Waals surface area contributed by atoms with Crippen LogP contribution in [0.3, 0.4) is 0 Å². The number of carbonyl (C=O) groups excluding carboxylic acids is 2. The van der Waals surface area contributed by atoms with Gasteiger partial charge in [0.1, 0.15) is 30.1 Å². The average molecular weight is 997 g/mol. The molecule has 8 nitrogen and oxygen atoms in total. The molecule has 0 radical (unpaired) electrons. The van der Waals surface area contributed by atoms with Gasteiger partial charge in [-0.05, 0) is 59.8 Å². The monoisotopic (exact) mass is 996 g/mol. The average Bonchev–Trinajstić information content (AvgIpc) is 3.18. The Kier molecular flexibility index (Phi) is 17.9. The van der Waals surface area contributed by atoms with Gasteiger partial charge >= 0.3 is 53.7 Å². The minimum Gasteiger partial charge on any atom is -0.491 e. The number of nitrogens with one attached hydrogen (secondary N) is 2. The topological polar surface area (TPSA) is 106 Å². The summed E-state index contributed by atoms with van der Waals surface area (Å²) in [6, 6.07) is 6.14. The molecule has 0 saturated heterocycles. The van der Waals surface area contributed by atoms with Crippen molar-refractivity contribution in [3.8, 4) is 5.75 Å². The van der Waals surface area contributed by atoms with E-state index in [1.165, 1.54) is 63.5 Å². The Morgan fingerprint density at radius 1 is 0.708 bits per heavy atom. The van der Waals surface area contributed by atoms with Crippen LogP contribution in [-0.2, 0) is 14.0 Å². The minimum atomic E-state index is -8.72. The lowest BCUT2D eigenvalue weighted by Gasteiger charge is -2.44. The van der Waals surface area contributed by atoms with E-state index < -0.39 is 128 Å². The molecule has 2 aromatic rings. The SMILES string of the molecule is CC(C)[Si](CCC(F)(F)C(F)(F)C(F)(F)C(F)(F)C(F)(F)C(F)(F)C(F)(F)C(F)(F)F)(OCCOc1ccc([C@H](CC/C=C/C(=O)NO)OC(=O)Nc2ccc(F)cc2F)cc1)C(C)C. The fraction of sp³-hybridized carbons (Fsp3) is 0.568. The first-order chi connectivity index (χ1) is 29.4. The van der Waals surface area contributed by atoms with E-state index in [4.69, 9.17) is 19.1 Å². The van der Waals surface area contributed by atoms with Crippen molar-refractivity contribution in [1.29, 1.82) is 0 Å². The van der Waals surface area contributed by atoms with E-state index in [2.05, 4.69) is 5.32 Å². The van der Waals surface area contributed by atoms with Gasteiger partial charge in [0.25, 0.3) is 5.91 Å². The molecule has 0 aliphatic carbocycles. The number of hydrogen-bond acceptors (Lipinski definition) is 6. The van der Waals surface area contributed by atoms with Crippen LogP contribution in [0.2, 0.25) is 17.1 Å². The van der Waals surface area contributed by atoms with Crippen molar-refractivity contribution in [2.75, 3.05) is 18.5 Å². The van der Waals surface area contributed by atoms with Crippen LogP contribution in [0.15, 0.2) is 54.6 Å². The maximum absolute atomic E-state index is 15.0. The number of carbonyl (C=O) groups is 2. The molecule has 0 saturated carbocycles. The Bertz CT molecular complexity index is 1940. The maximum atomic E-state index is 15.0. The second-order valence-corrected chi connectivity index (χ2v) is 19.8. The number of halogens is 19. The number of allylic oxidation sites excluding steroid dienone is 1. The van der Waals surface area contributed by atoms with Crippen molar-refractivity contribution >= 4 is 26.0 Å². The van der Waals surface area contributed by atoms with E-state index in [0.29, 0.717) is 6.07 Å². The first-order valence-corrected chi connectivity index (χ1v) is 20.8. The highest BCUT2D eigenvalue weighted by atomic mass is 28.4. The van der Waals surface area contributed by atoms with E-state index in [-0.39, 0.29) is 24.2 Å². The number of hydrogen-bond donors (Lipinski definition) is 3. The van der Waals surface area contributed by atoms with Gasteiger partial charge in [-0.2, -0.15) is 74.6 Å². The third kappa shape index (κ3) is 11.7. The normalized spacial score (nSPS) is 14.6. The molecule has 2 aromatic carbocycles. The highest BCUT2D eigenvalue weighted by Gasteiger charge is 2.95. The summed E-state index contributed by atoms with van der Waals surface area (Å²) in [6.45, 7) is 4.04. The molecule has 65 heavy (non-hydrogen) atoms. The number of alkyl halides is 17. The summed E-state index contributed by atoms with van der Waals surface area (Å²) in [5.41, 5.74) is -0.699. The van der Waals surface area contributed by atoms with Crippen molar-refractivity contribution in [1.82, 2.24) is 5.48 Å². The molecule has 2 amide bonds. The highest BCUT2D eigenvalue weighted by molar-refractivity contribution is 6.76. The Balaban J connectivity index is 2.27. The van der Waals surface area contributed by atoms with Crippen LogP contribution in [0.25, 0.3) is 0 Å². The molecular weight excluding hydrogens is 957 g/mol. The quantitative estimate of drug-likeness (QED) is 0.0256. The third-order valence-electron chi connectivity index (χ3n) is 9.94. The van der Waals surface area contributed by atoms with Crippen LogP contribution in [0, 0.1) is 11.6 Å². The predicted molar refractivity (Wildman–Crippen MR) is 191 cm³/mol. The summed E-state index contributed by atoms with van der Waals surface area (Å²) >= 11 is 0. The fourth-order valence-electron chi connectivity index (χ4n) is 6.15. The van der Waals surface area contributed by atoms with Crippen LogP contribution in [0.4, 0.5) is 93.9 Å². The highest BCUT2D eigenvalue weighted by Crippen LogP contribution is 2.64. The molecule has 0 unspecified atom stereocenters. The van der Waals surface area contributed by atoms with Gasteiger partial charge in [0.15, 0.2) is 8.32 Å². The number of hydroxylamine groups is 1. The maximum Gasteiger partial charge on any atom is 0.460 e. The zero-order chi connectivity index (χ0) is 50.4. The lowest BCUT2D eigenvalue weighted by molar-refractivity contribution is -0.461. The van der Waals surface area contributed by atoms with Crippen LogP contribution in [0.1, 0.15) is 58.6 Å². The van der Waals surface area contributed by atoms with Crippen molar-refractivity contribution in [3.63, 3.8) is 0 Å². The van der Waals surface area contributed by atoms with Crippen molar-refractivity contribution < 1.29 is 112 Å². The smallest absolute Gasteiger partial charge is 0.460 e. The molecule has 3 N–H and O–H groups in total. The fourth-order valence-corrected chi connectivity index (χ4v) is 10.6. The van der Waals surface area contributed by atoms with Crippen molar-refractivity contribution in [3.05, 3.63) is 71.8 Å². The lowest BCUT2D eigenvalue weighted by atomic mass is 9.88. The summed E-state index contributed by atoms with van der Waals surface area (Å²) in [4.78, 5) is 23.9. The van der Waals surface area contributed by atoms with Crippen molar-refractivity contribution in [2.45, 2.75) is 118 Å². The molecule has 1 atom stereocenters. The second-order valence-electron chi connectivity index (χ2n) is 14.8. The van der Waals surface area contributed by atoms with E-state index in [1.807, 2.05) is 0 Å². The van der Waals surface area contributed by atoms with Crippen molar-refractivity contribution in [2.24, 2.45) is 0 Å². The predicted octanol–water partition coefficient (Wildman–Crippen LogP) is 12.7. The third-order valence-corrected chi connectivity index (χ3v) is 15.6. The number of rotatable bonds is 23. The Labute approximate surface area is 357 Å². The van der Waals surface area contributed by atoms with Crippen LogP contribution >= 0.6 is 0 Å². The molecule has 0 fully saturated rings. The molecule has 2 rings (SSSR count). The molecule has 370 valence electrons. The Morgan fingerprint density at radius 2 is 1.22 bits per heavy atom. The Hall–Kier alpha value is -4.47. The van der Waals surface area contributed by atoms with Gasteiger partial charge in [-0.3, -0.25) is 15.3 Å². The Morgan fingerprint density at radius 3 is 1.69 bits per heavy atom. The summed E-state index contributed by atoms with van der Waals surface area (Å²) < 4.78 is 279. The summed E-state index contributed by atoms with van der Waals surface area (Å²) in [6.07, 6.45) is -10.5. The first-order valence-electron chi connectivity index (χ1n) is 18.5. The first kappa shape index (κ1) is 56.7. The van der Waals surface area contributed by atoms with Gasteiger partial charge in [-0.25, -0.2) is 19.1 Å². The molecule has 0 aliphatic rings. The molecule has 28 heteroatoms. The number of benzene rings is 2. The molecule has 0 aromatic heterocycles. The molecule has 0 heterocycles. The summed E-state index contributed by atoms with van der Waals surface area (Å²) in [5.74, 6) is -60.0. The van der Waals surface area contributed by atoms with E-state index >= 15 is 0 Å². The van der Waals surface area contributed by atoms with E-state index in [1.54, 1.807) is 0 Å². The number of ether oxygens (including phenoxy) is 2. The standard InChI is InChI=1S/C37H39F19N2O6Si/c1-20(2)65(21(3)4,18-15-30(40,41)31(42,43)32(44,45)33(46,47)34(48,49)35(50,51)36(52,53)37(54,55)56)63-17-16-62-24-12-9-22(10-13-24)27(7-5-6-8-28(59)58-61)64-29(60)57-26-14-11-23(38)19-25(26)39/h6,8-14,19-21,27,61H,5,7,15-18H2,1-4H3,(H,57,60)(H,58,59)/b8-6+/t27-/m0/s1. The van der Waals surface area contributed by atoms with Gasteiger partial charge in [-0.15, -0.1) is 0 Å². The van der Waals surface area contributed by atoms with Gasteiger partial charge in [-0.1, -0.05) is 45.9 Å². The van der Waals surface area contributed by atoms with Gasteiger partial charge < -0.3 is 13.9 Å². The molecule has 0 aliphatic heterocycles. The van der Waals surface area contributed by atoms with Gasteiger partial charge in [0.2, 0.25) is 0 Å². The molecule has 0 spiro atoms. The van der Waals surface area contributed by atoms with Crippen LogP contribution in [0.5, 0.6) is 5.75 Å². The zero-order valence-corrected chi connectivity index (χ0v) is 34.8. The van der Waals surface area contributed by atoms with E-state index in [0.717, 1.165) is 18.2 Å². The molecule has 0 bridgehead atoms. The summed E-state index contributed by atoms with van der Waals surface area (Å²) in [7, 11) is -4.05. The van der Waals surface area contributed by atoms with E-state index in [9.17, 15) is 93.0 Å². The minimum absolute atomic E-state index is 0.0273. The van der Waals surface area contributed by atoms with Gasteiger partial charge in [0.05, 0.1) is 12.3 Å². The second kappa shape index (κ2) is 20.6. The lowest BCUT2D eigenvalue weighted by Crippen LogP contribution is -2.74. The molecular formula is C37H39F19N2O6Si. The van der Waals surface area contributed by atoms with Crippen LogP contribution < -0.4 is 15.5 Å². The van der Waals surface area contributed by atoms with Crippen LogP contribution in [-0.4, -0.2) is 86.4 Å². The zero-order valence-electron chi connectivity index (χ0n) is 33.8. The van der Waals surface area contributed by atoms with Gasteiger partial charge in [0, 0.05) is 18.6 Å². The number of anilines is 1. The summed E-state index contributed by atoms with van der Waals surface area (Å²) in [5, 5.41) is 10.7. The largest absolute Gasteiger partial charge is 0.491 e. The number of amides is 2.